The van der Waals surface area contributed by atoms with Crippen molar-refractivity contribution < 1.29 is 67.8 Å². The molecule has 2 unspecified atom stereocenters. The molecule has 0 radical (unpaired) electrons. The van der Waals surface area contributed by atoms with Gasteiger partial charge in [-0.25, -0.2) is 46.6 Å². The van der Waals surface area contributed by atoms with E-state index in [2.05, 4.69) is 46.2 Å². The molecule has 12 heterocycles. The van der Waals surface area contributed by atoms with Crippen LogP contribution in [-0.4, -0.2) is 134 Å². The minimum absolute atomic E-state index is 0.00363. The fraction of sp³-hybridized carbons (Fsp3) is 0.273. The number of nitrogens with one attached hydrogen (secondary N) is 3. The highest BCUT2D eigenvalue weighted by Gasteiger charge is 2.36. The molecule has 3 fully saturated rings. The Morgan fingerprint density at radius 2 is 1.02 bits per heavy atom. The van der Waals surface area contributed by atoms with Crippen LogP contribution in [0.4, 0.5) is 35.0 Å². The summed E-state index contributed by atoms with van der Waals surface area (Å²) in [6, 6.07) is 24.0. The normalized spacial score (nSPS) is 24.9. The van der Waals surface area contributed by atoms with Crippen molar-refractivity contribution >= 4 is 35.2 Å². The highest BCUT2D eigenvalue weighted by molar-refractivity contribution is 6.03. The number of hydrogen-bond acceptors (Lipinski definition) is 18. The van der Waals surface area contributed by atoms with Gasteiger partial charge >= 0.3 is 0 Å². The molecule has 0 bridgehead atoms. The molecule has 6 aromatic heterocycles. The van der Waals surface area contributed by atoms with E-state index in [4.69, 9.17) is 20.6 Å². The highest BCUT2D eigenvalue weighted by atomic mass is 19.1. The number of aromatic nitrogens is 9. The van der Waals surface area contributed by atoms with Crippen molar-refractivity contribution in [1.29, 1.82) is 15.8 Å². The van der Waals surface area contributed by atoms with Crippen molar-refractivity contribution in [2.45, 2.75) is 76.3 Å². The summed E-state index contributed by atoms with van der Waals surface area (Å²) in [5.41, 5.74) is -4.58. The van der Waals surface area contributed by atoms with Gasteiger partial charge in [-0.3, -0.25) is 14.4 Å². The van der Waals surface area contributed by atoms with Crippen molar-refractivity contribution in [3.05, 3.63) is 177 Å². The van der Waals surface area contributed by atoms with E-state index in [-0.39, 0.29) is 138 Å². The summed E-state index contributed by atoms with van der Waals surface area (Å²) in [5.74, 6) is -4.98. The number of amides is 3. The second kappa shape index (κ2) is 24.3. The van der Waals surface area contributed by atoms with Gasteiger partial charge in [-0.2, -0.15) is 26.0 Å². The monoisotopic (exact) mass is 1290 g/mol. The number of aliphatic hydroxyl groups excluding tert-OH is 1. The summed E-state index contributed by atoms with van der Waals surface area (Å²) in [6.45, 7) is -14.0. The van der Waals surface area contributed by atoms with Gasteiger partial charge in [0.25, 0.3) is 17.7 Å². The third-order valence-corrected chi connectivity index (χ3v) is 15.4. The maximum absolute atomic E-state index is 14.8. The van der Waals surface area contributed by atoms with Crippen LogP contribution < -0.4 is 30.7 Å². The third kappa shape index (κ3) is 11.6. The van der Waals surface area contributed by atoms with E-state index in [1.807, 2.05) is 18.2 Å². The summed E-state index contributed by atoms with van der Waals surface area (Å²) in [6.07, 6.45) is -4.27. The van der Waals surface area contributed by atoms with Crippen LogP contribution in [0.2, 0.25) is 0 Å². The average Bonchev–Trinajstić information content (AvgIpc) is 1.19. The van der Waals surface area contributed by atoms with Gasteiger partial charge < -0.3 is 46.0 Å². The highest BCUT2D eigenvalue weighted by Crippen LogP contribution is 2.37. The van der Waals surface area contributed by atoms with Gasteiger partial charge in [0, 0.05) is 78.7 Å². The lowest BCUT2D eigenvalue weighted by Crippen LogP contribution is -2.46. The summed E-state index contributed by atoms with van der Waals surface area (Å²) in [7, 11) is 0. The van der Waals surface area contributed by atoms with Crippen LogP contribution in [0.3, 0.4) is 0 Å². The molecule has 6 N–H and O–H groups in total. The molecule has 24 nitrogen and oxygen atoms in total. The number of nitriles is 3. The number of benzene rings is 3. The molecule has 0 spiro atoms. The predicted molar refractivity (Wildman–Crippen MR) is 330 cm³/mol. The van der Waals surface area contributed by atoms with E-state index in [9.17, 15) is 63.1 Å². The van der Waals surface area contributed by atoms with Crippen LogP contribution in [0.15, 0.2) is 104 Å². The standard InChI is InChI=1S/C23H21FN6O2.C22H19FN6O2.C21H16F2N6O2/c1-23(32)7-3-8-29(13-23)19-6-9-30(28-19)18-10-16(27-17-12-26-22(31)21(17)18)20-14(11-25)4-2-5-15(20)24;1-22(31)6-8-28(12-22)18-5-7-29(27-18)17-9-15(26-16-11-25-21(30)20(16)17)19-13(10-24)3-2-4-14(19)23;22-13-3-1-2-11(7-24)18(13)15-6-17(19-16(26-15)8-25-21(19)31)29-10-14(23)20(27-29)28-5-4-12(30)9-28/h2,4-6,9-10,32H,3,7-8,12-13H2,1H3,(H,26,31);2-5,7,9,31H,6,8,11-12H2,1H3,(H,25,30);1-3,6,10,12,30H,4-5,8-9H2,(H,25,31)/t;22-;/m.1./s1/i3D2,7D2,8D2,13D2;1D3,8D2,12D2;. The topological polar surface area (TPSA) is 321 Å². The Kier molecular flexibility index (Phi) is 11.9. The minimum Gasteiger partial charge on any atom is -0.391 e. The number of halogens is 4. The summed E-state index contributed by atoms with van der Waals surface area (Å²) < 4.78 is 185. The Balaban J connectivity index is 0.000000145. The zero-order valence-corrected chi connectivity index (χ0v) is 48.6. The quantitative estimate of drug-likeness (QED) is 0.0830. The molecule has 28 heteroatoms. The van der Waals surface area contributed by atoms with Crippen molar-refractivity contribution in [1.82, 2.24) is 60.2 Å². The molecular weight excluding hydrogens is 1220 g/mol. The molecule has 6 aliphatic rings. The van der Waals surface area contributed by atoms with Crippen LogP contribution in [0.25, 0.3) is 50.8 Å². The number of β-amino-alcohol motifs (C(OH)–C–C–N with tert-alkyl or cyclic N) is 3. The molecule has 3 amide bonds. The van der Waals surface area contributed by atoms with Crippen molar-refractivity contribution in [2.24, 2.45) is 0 Å². The SMILES string of the molecule is N#Cc1cccc(F)c1-c1cc(-n2cc(F)c(N3CCC(O)C3)n2)c2c(n1)CNC2=O.[2H]C1([2H])C[C@](O)(C([2H])([2H])[2H])C([2H])([2H])N1c1ccn(-c2cc(-c3c(F)cccc3C#N)nc3c2C(=O)NC3)n1.[2H]C1([2H])N(c2ccn(-c3cc(-c4c(F)cccc4C#N)nc4c3C(=O)NC4)n2)C([2H])([2H])C(C)(O)C([2H])([2H])C1([2H])[2H]. The maximum Gasteiger partial charge on any atom is 0.255 e. The van der Waals surface area contributed by atoms with Crippen molar-refractivity contribution in [2.75, 3.05) is 53.8 Å². The lowest BCUT2D eigenvalue weighted by Gasteiger charge is -2.36. The van der Waals surface area contributed by atoms with E-state index in [0.29, 0.717) is 23.6 Å². The third-order valence-electron chi connectivity index (χ3n) is 15.4. The first-order valence-electron chi connectivity index (χ1n) is 35.9. The maximum atomic E-state index is 14.8. The minimum atomic E-state index is -3.43. The Bertz CT molecular complexity index is 5440. The molecule has 474 valence electrons. The molecule has 3 saturated heterocycles. The van der Waals surface area contributed by atoms with Gasteiger partial charge in [-0.05, 0) is 94.0 Å². The molecule has 0 aliphatic carbocycles. The molecule has 6 aliphatic heterocycles. The number of pyridine rings is 3. The van der Waals surface area contributed by atoms with Crippen LogP contribution in [-0.2, 0) is 19.6 Å². The molecular formula is C66H56F4N18O6. The number of piperidine rings is 1. The molecule has 3 atom stereocenters. The average molecular weight is 1290 g/mol. The smallest absolute Gasteiger partial charge is 0.255 e. The zero-order valence-electron chi connectivity index (χ0n) is 63.6. The Hall–Kier alpha value is -11.4. The molecule has 0 saturated carbocycles. The Morgan fingerprint density at radius 3 is 1.44 bits per heavy atom. The second-order valence-corrected chi connectivity index (χ2v) is 21.8. The fourth-order valence-electron chi connectivity index (χ4n) is 11.1. The predicted octanol–water partition coefficient (Wildman–Crippen LogP) is 6.59. The lowest BCUT2D eigenvalue weighted by atomic mass is 9.95. The lowest BCUT2D eigenvalue weighted by molar-refractivity contribution is 0.0446. The Morgan fingerprint density at radius 1 is 0.585 bits per heavy atom. The number of rotatable bonds is 9. The number of aliphatic hydroxyl groups is 3. The van der Waals surface area contributed by atoms with Gasteiger partial charge in [0.1, 0.15) is 17.5 Å². The first kappa shape index (κ1) is 45.8. The number of carbonyl (C=O) groups is 3. The molecule has 15 rings (SSSR count). The van der Waals surface area contributed by atoms with E-state index in [1.54, 1.807) is 4.90 Å². The van der Waals surface area contributed by atoms with Gasteiger partial charge in [0.15, 0.2) is 23.3 Å². The number of nitrogens with zero attached hydrogens (tertiary/aromatic N) is 15. The van der Waals surface area contributed by atoms with E-state index >= 15 is 0 Å². The van der Waals surface area contributed by atoms with Crippen LogP contribution in [0, 0.1) is 57.3 Å². The number of carbonyl (C=O) groups excluding carboxylic acids is 3. The van der Waals surface area contributed by atoms with Crippen LogP contribution >= 0.6 is 0 Å². The van der Waals surface area contributed by atoms with Crippen LogP contribution in [0.1, 0.15) is 125 Å². The molecule has 94 heavy (non-hydrogen) atoms. The van der Waals surface area contributed by atoms with Gasteiger partial charge in [0.05, 0.1) is 168 Å². The number of fused-ring (bicyclic) bond motifs is 3. The first-order valence-corrected chi connectivity index (χ1v) is 28.4. The van der Waals surface area contributed by atoms with E-state index < -0.39 is 116 Å². The van der Waals surface area contributed by atoms with Crippen LogP contribution in [0.5, 0.6) is 0 Å². The number of anilines is 3. The summed E-state index contributed by atoms with van der Waals surface area (Å²) in [4.78, 5) is 53.2. The molecule has 3 aromatic carbocycles. The largest absolute Gasteiger partial charge is 0.391 e. The zero-order chi connectivity index (χ0) is 79.2. The van der Waals surface area contributed by atoms with Crippen molar-refractivity contribution in [3.8, 4) is 69.0 Å². The summed E-state index contributed by atoms with van der Waals surface area (Å²) >= 11 is 0. The van der Waals surface area contributed by atoms with E-state index in [0.717, 1.165) is 40.7 Å². The molecule has 9 aromatic rings. The fourth-order valence-corrected chi connectivity index (χ4v) is 11.1. The van der Waals surface area contributed by atoms with Gasteiger partial charge in [0.2, 0.25) is 0 Å². The number of hydrogen-bond donors (Lipinski definition) is 6. The second-order valence-electron chi connectivity index (χ2n) is 21.8. The Labute approximate surface area is 554 Å². The van der Waals surface area contributed by atoms with Gasteiger partial charge in [-0.15, -0.1) is 5.10 Å². The summed E-state index contributed by atoms with van der Waals surface area (Å²) in [5, 5.41) is 80.4. The van der Waals surface area contributed by atoms with Crippen molar-refractivity contribution in [3.63, 3.8) is 0 Å². The van der Waals surface area contributed by atoms with Gasteiger partial charge in [-0.1, -0.05) is 18.2 Å². The first-order chi connectivity index (χ1) is 51.0. The van der Waals surface area contributed by atoms with E-state index in [1.165, 1.54) is 83.8 Å².